The van der Waals surface area contributed by atoms with E-state index in [9.17, 15) is 14.0 Å². The van der Waals surface area contributed by atoms with Crippen LogP contribution in [0.2, 0.25) is 10.0 Å². The Hall–Kier alpha value is -3.09. The second kappa shape index (κ2) is 13.9. The summed E-state index contributed by atoms with van der Waals surface area (Å²) in [6, 6.07) is 19.1. The highest BCUT2D eigenvalue weighted by Gasteiger charge is 2.31. The zero-order chi connectivity index (χ0) is 25.9. The maximum Gasteiger partial charge on any atom is 0.261 e. The van der Waals surface area contributed by atoms with Crippen molar-refractivity contribution in [1.29, 1.82) is 0 Å². The number of hydrogen-bond donors (Lipinski definition) is 1. The van der Waals surface area contributed by atoms with Crippen LogP contribution < -0.4 is 10.1 Å². The van der Waals surface area contributed by atoms with Gasteiger partial charge in [0.15, 0.2) is 6.61 Å². The second-order valence-electron chi connectivity index (χ2n) is 8.31. The van der Waals surface area contributed by atoms with Gasteiger partial charge in [-0.05, 0) is 48.4 Å². The number of ether oxygens (including phenoxy) is 1. The highest BCUT2D eigenvalue weighted by Crippen LogP contribution is 2.27. The molecule has 8 heteroatoms. The Kier molecular flexibility index (Phi) is 10.6. The molecule has 1 atom stereocenters. The SMILES string of the molecule is CCCCNC(=O)[C@@H](Cc1ccccc1)N(Cc1c(Cl)cccc1Cl)C(=O)COc1ccc(F)cc1. The van der Waals surface area contributed by atoms with Gasteiger partial charge in [-0.2, -0.15) is 0 Å². The summed E-state index contributed by atoms with van der Waals surface area (Å²) in [5, 5.41) is 3.74. The van der Waals surface area contributed by atoms with E-state index >= 15 is 0 Å². The molecule has 3 aromatic carbocycles. The highest BCUT2D eigenvalue weighted by atomic mass is 35.5. The van der Waals surface area contributed by atoms with Gasteiger partial charge in [0.05, 0.1) is 0 Å². The summed E-state index contributed by atoms with van der Waals surface area (Å²) >= 11 is 12.8. The number of unbranched alkanes of at least 4 members (excludes halogenated alkanes) is 1. The zero-order valence-corrected chi connectivity index (χ0v) is 21.6. The molecule has 0 radical (unpaired) electrons. The smallest absolute Gasteiger partial charge is 0.261 e. The number of nitrogens with zero attached hydrogens (tertiary/aromatic N) is 1. The summed E-state index contributed by atoms with van der Waals surface area (Å²) in [5.74, 6) is -0.768. The van der Waals surface area contributed by atoms with E-state index in [1.165, 1.54) is 29.2 Å². The van der Waals surface area contributed by atoms with Crippen molar-refractivity contribution < 1.29 is 18.7 Å². The molecular formula is C28H29Cl2FN2O3. The van der Waals surface area contributed by atoms with Gasteiger partial charge in [-0.1, -0.05) is 72.9 Å². The van der Waals surface area contributed by atoms with E-state index < -0.39 is 17.8 Å². The summed E-state index contributed by atoms with van der Waals surface area (Å²) in [6.45, 7) is 2.21. The maximum absolute atomic E-state index is 13.5. The first-order valence-electron chi connectivity index (χ1n) is 11.8. The number of amides is 2. The first-order chi connectivity index (χ1) is 17.4. The van der Waals surface area contributed by atoms with Gasteiger partial charge < -0.3 is 15.0 Å². The lowest BCUT2D eigenvalue weighted by Gasteiger charge is -2.32. The minimum absolute atomic E-state index is 0.0167. The largest absolute Gasteiger partial charge is 0.484 e. The Bertz CT molecular complexity index is 1120. The van der Waals surface area contributed by atoms with Gasteiger partial charge in [0.2, 0.25) is 5.91 Å². The van der Waals surface area contributed by atoms with Crippen LogP contribution >= 0.6 is 23.2 Å². The normalized spacial score (nSPS) is 11.6. The molecule has 0 saturated heterocycles. The number of carbonyl (C=O) groups is 2. The molecule has 0 aliphatic rings. The Morgan fingerprint density at radius 2 is 1.64 bits per heavy atom. The molecule has 36 heavy (non-hydrogen) atoms. The molecule has 0 bridgehead atoms. The van der Waals surface area contributed by atoms with E-state index in [0.29, 0.717) is 34.3 Å². The third kappa shape index (κ3) is 7.97. The lowest BCUT2D eigenvalue weighted by atomic mass is 10.0. The van der Waals surface area contributed by atoms with Gasteiger partial charge in [0, 0.05) is 35.1 Å². The van der Waals surface area contributed by atoms with Crippen LogP contribution in [0, 0.1) is 5.82 Å². The second-order valence-corrected chi connectivity index (χ2v) is 9.13. The molecule has 1 N–H and O–H groups in total. The van der Waals surface area contributed by atoms with E-state index in [1.54, 1.807) is 18.2 Å². The monoisotopic (exact) mass is 530 g/mol. The fourth-order valence-electron chi connectivity index (χ4n) is 3.67. The molecule has 2 amide bonds. The van der Waals surface area contributed by atoms with Crippen LogP contribution in [0.5, 0.6) is 5.75 Å². The van der Waals surface area contributed by atoms with Crippen LogP contribution in [-0.4, -0.2) is 35.9 Å². The number of nitrogens with one attached hydrogen (secondary N) is 1. The Balaban J connectivity index is 1.92. The summed E-state index contributed by atoms with van der Waals surface area (Å²) in [7, 11) is 0. The van der Waals surface area contributed by atoms with Gasteiger partial charge in [0.25, 0.3) is 5.91 Å². The first kappa shape index (κ1) is 27.5. The summed E-state index contributed by atoms with van der Waals surface area (Å²) in [6.07, 6.45) is 2.04. The number of benzene rings is 3. The van der Waals surface area contributed by atoms with Gasteiger partial charge in [0.1, 0.15) is 17.6 Å². The van der Waals surface area contributed by atoms with Gasteiger partial charge in [-0.25, -0.2) is 4.39 Å². The fraction of sp³-hybridized carbons (Fsp3) is 0.286. The van der Waals surface area contributed by atoms with Crippen molar-refractivity contribution in [2.75, 3.05) is 13.2 Å². The molecular weight excluding hydrogens is 502 g/mol. The number of carbonyl (C=O) groups excluding carboxylic acids is 2. The van der Waals surface area contributed by atoms with Crippen molar-refractivity contribution in [2.24, 2.45) is 0 Å². The Morgan fingerprint density at radius 1 is 0.972 bits per heavy atom. The number of rotatable bonds is 12. The average Bonchev–Trinajstić information content (AvgIpc) is 2.88. The molecule has 3 rings (SSSR count). The number of hydrogen-bond acceptors (Lipinski definition) is 3. The van der Waals surface area contributed by atoms with Crippen LogP contribution in [0.15, 0.2) is 72.8 Å². The molecule has 5 nitrogen and oxygen atoms in total. The van der Waals surface area contributed by atoms with Crippen molar-refractivity contribution in [2.45, 2.75) is 38.8 Å². The van der Waals surface area contributed by atoms with Crippen LogP contribution in [0.25, 0.3) is 0 Å². The molecule has 0 spiro atoms. The van der Waals surface area contributed by atoms with E-state index in [-0.39, 0.29) is 19.1 Å². The summed E-state index contributed by atoms with van der Waals surface area (Å²) in [4.78, 5) is 28.4. The predicted molar refractivity (Wildman–Crippen MR) is 141 cm³/mol. The molecule has 0 aromatic heterocycles. The third-order valence-electron chi connectivity index (χ3n) is 5.67. The topological polar surface area (TPSA) is 58.6 Å². The predicted octanol–water partition coefficient (Wildman–Crippen LogP) is 6.07. The van der Waals surface area contributed by atoms with E-state index in [4.69, 9.17) is 27.9 Å². The summed E-state index contributed by atoms with van der Waals surface area (Å²) in [5.41, 5.74) is 1.44. The van der Waals surface area contributed by atoms with Gasteiger partial charge in [-0.3, -0.25) is 9.59 Å². The van der Waals surface area contributed by atoms with Crippen LogP contribution in [0.3, 0.4) is 0 Å². The van der Waals surface area contributed by atoms with Crippen molar-refractivity contribution >= 4 is 35.0 Å². The molecule has 0 unspecified atom stereocenters. The van der Waals surface area contributed by atoms with Crippen molar-refractivity contribution in [3.05, 3.63) is 99.8 Å². The molecule has 0 saturated carbocycles. The lowest BCUT2D eigenvalue weighted by molar-refractivity contribution is -0.142. The summed E-state index contributed by atoms with van der Waals surface area (Å²) < 4.78 is 18.9. The first-order valence-corrected chi connectivity index (χ1v) is 12.6. The fourth-order valence-corrected chi connectivity index (χ4v) is 4.19. The third-order valence-corrected chi connectivity index (χ3v) is 6.37. The van der Waals surface area contributed by atoms with Crippen LogP contribution in [-0.2, 0) is 22.6 Å². The van der Waals surface area contributed by atoms with E-state index in [0.717, 1.165) is 18.4 Å². The van der Waals surface area contributed by atoms with Crippen molar-refractivity contribution in [1.82, 2.24) is 10.2 Å². The van der Waals surface area contributed by atoms with Crippen molar-refractivity contribution in [3.63, 3.8) is 0 Å². The van der Waals surface area contributed by atoms with Crippen molar-refractivity contribution in [3.8, 4) is 5.75 Å². The minimum Gasteiger partial charge on any atom is -0.484 e. The van der Waals surface area contributed by atoms with Gasteiger partial charge >= 0.3 is 0 Å². The average molecular weight is 531 g/mol. The van der Waals surface area contributed by atoms with Crippen LogP contribution in [0.4, 0.5) is 4.39 Å². The molecule has 0 fully saturated rings. The van der Waals surface area contributed by atoms with E-state index in [1.807, 2.05) is 37.3 Å². The molecule has 190 valence electrons. The minimum atomic E-state index is -0.832. The Morgan fingerprint density at radius 3 is 2.28 bits per heavy atom. The van der Waals surface area contributed by atoms with Gasteiger partial charge in [-0.15, -0.1) is 0 Å². The maximum atomic E-state index is 13.5. The lowest BCUT2D eigenvalue weighted by Crippen LogP contribution is -2.52. The zero-order valence-electron chi connectivity index (χ0n) is 20.1. The quantitative estimate of drug-likeness (QED) is 0.289. The molecule has 0 aliphatic heterocycles. The standard InChI is InChI=1S/C28H29Cl2FN2O3/c1-2-3-16-32-28(35)26(17-20-8-5-4-6-9-20)33(18-23-24(29)10-7-11-25(23)30)27(34)19-36-22-14-12-21(31)13-15-22/h4-15,26H,2-3,16-19H2,1H3,(H,32,35)/t26-/m1/s1. The van der Waals surface area contributed by atoms with Crippen LogP contribution in [0.1, 0.15) is 30.9 Å². The highest BCUT2D eigenvalue weighted by molar-refractivity contribution is 6.36. The Labute approximate surface area is 221 Å². The molecule has 0 aliphatic carbocycles. The molecule has 0 heterocycles. The number of halogens is 3. The molecule has 3 aromatic rings. The van der Waals surface area contributed by atoms with E-state index in [2.05, 4.69) is 5.32 Å².